The minimum atomic E-state index is -3.40. The number of nitrogen functional groups attached to an aromatic ring is 1. The molecule has 9 heteroatoms. The number of nitrogens with two attached hydrogens (primary N) is 1. The third kappa shape index (κ3) is 2.39. The highest BCUT2D eigenvalue weighted by atomic mass is 19.3. The van der Waals surface area contributed by atoms with Crippen molar-refractivity contribution in [3.63, 3.8) is 0 Å². The van der Waals surface area contributed by atoms with E-state index in [9.17, 15) is 13.6 Å². The summed E-state index contributed by atoms with van der Waals surface area (Å²) in [5.41, 5.74) is 4.41. The average molecular weight is 291 g/mol. The molecule has 20 heavy (non-hydrogen) atoms. The van der Waals surface area contributed by atoms with Crippen LogP contribution in [0.1, 0.15) is 6.23 Å². The maximum atomic E-state index is 14.3. The Balaban J connectivity index is 2.38. The van der Waals surface area contributed by atoms with Crippen molar-refractivity contribution in [2.24, 2.45) is 0 Å². The van der Waals surface area contributed by atoms with Gasteiger partial charge in [0.1, 0.15) is 11.9 Å². The van der Waals surface area contributed by atoms with Gasteiger partial charge in [-0.3, -0.25) is 4.57 Å². The fraction of sp³-hybridized carbons (Fsp3) is 0.636. The van der Waals surface area contributed by atoms with E-state index in [0.29, 0.717) is 4.57 Å². The molecule has 112 valence electrons. The maximum absolute atomic E-state index is 14.3. The first-order chi connectivity index (χ1) is 9.41. The highest BCUT2D eigenvalue weighted by Gasteiger charge is 2.60. The molecule has 2 rings (SSSR count). The molecule has 1 saturated heterocycles. The first kappa shape index (κ1) is 14.8. The predicted molar refractivity (Wildman–Crippen MR) is 64.4 cm³/mol. The van der Waals surface area contributed by atoms with Gasteiger partial charge in [-0.2, -0.15) is 13.8 Å². The van der Waals surface area contributed by atoms with E-state index in [2.05, 4.69) is 4.98 Å². The van der Waals surface area contributed by atoms with Crippen molar-refractivity contribution in [1.29, 1.82) is 0 Å². The van der Waals surface area contributed by atoms with E-state index in [-0.39, 0.29) is 12.4 Å². The van der Waals surface area contributed by atoms with E-state index in [1.807, 2.05) is 0 Å². The smallest absolute Gasteiger partial charge is 0.351 e. The zero-order valence-electron chi connectivity index (χ0n) is 11.0. The zero-order valence-corrected chi connectivity index (χ0v) is 11.0. The van der Waals surface area contributed by atoms with Crippen molar-refractivity contribution in [3.8, 4) is 0 Å². The number of methoxy groups -OCH3 is 2. The number of hydrogen-bond donors (Lipinski definition) is 1. The number of halogens is 2. The molecule has 0 spiro atoms. The van der Waals surface area contributed by atoms with Crippen LogP contribution in [0.2, 0.25) is 0 Å². The number of aromatic nitrogens is 2. The second-order valence-corrected chi connectivity index (χ2v) is 4.36. The molecule has 0 saturated carbocycles. The molecule has 0 bridgehead atoms. The molecule has 7 nitrogen and oxygen atoms in total. The van der Waals surface area contributed by atoms with Crippen molar-refractivity contribution in [1.82, 2.24) is 9.55 Å². The highest BCUT2D eigenvalue weighted by molar-refractivity contribution is 5.23. The van der Waals surface area contributed by atoms with Crippen LogP contribution in [0.5, 0.6) is 0 Å². The third-order valence-electron chi connectivity index (χ3n) is 3.04. The summed E-state index contributed by atoms with van der Waals surface area (Å²) in [4.78, 5) is 15.1. The van der Waals surface area contributed by atoms with E-state index in [4.69, 9.17) is 19.9 Å². The lowest BCUT2D eigenvalue weighted by Gasteiger charge is -2.22. The molecule has 2 N–H and O–H groups in total. The van der Waals surface area contributed by atoms with Crippen molar-refractivity contribution in [3.05, 3.63) is 22.7 Å². The Morgan fingerprint density at radius 2 is 2.25 bits per heavy atom. The van der Waals surface area contributed by atoms with Gasteiger partial charge in [-0.05, 0) is 6.07 Å². The van der Waals surface area contributed by atoms with Gasteiger partial charge in [-0.1, -0.05) is 0 Å². The van der Waals surface area contributed by atoms with Crippen LogP contribution in [0.4, 0.5) is 14.6 Å². The summed E-state index contributed by atoms with van der Waals surface area (Å²) in [7, 11) is 2.51. The number of hydrogen-bond acceptors (Lipinski definition) is 6. The summed E-state index contributed by atoms with van der Waals surface area (Å²) >= 11 is 0. The van der Waals surface area contributed by atoms with Crippen molar-refractivity contribution in [2.75, 3.05) is 26.6 Å². The monoisotopic (exact) mass is 291 g/mol. The number of alkyl halides is 2. The standard InChI is InChI=1S/C11H15F2N3O4/c1-18-5-6-8(19-2)11(12,13)9(20-6)16-4-3-7(14)15-10(16)17/h3-4,6,8-9H,5H2,1-2H3,(H2,14,15,17)/t6?,8-,9?/m0/s1. The summed E-state index contributed by atoms with van der Waals surface area (Å²) in [5, 5.41) is 0. The van der Waals surface area contributed by atoms with Crippen molar-refractivity contribution in [2.45, 2.75) is 24.4 Å². The molecule has 0 radical (unpaired) electrons. The van der Waals surface area contributed by atoms with Crippen LogP contribution >= 0.6 is 0 Å². The van der Waals surface area contributed by atoms with Crippen LogP contribution < -0.4 is 11.4 Å². The van der Waals surface area contributed by atoms with Crippen LogP contribution in [0.25, 0.3) is 0 Å². The molecule has 0 aromatic carbocycles. The van der Waals surface area contributed by atoms with E-state index >= 15 is 0 Å². The van der Waals surface area contributed by atoms with Crippen LogP contribution in [-0.2, 0) is 14.2 Å². The van der Waals surface area contributed by atoms with Gasteiger partial charge in [-0.25, -0.2) is 4.79 Å². The van der Waals surface area contributed by atoms with Crippen LogP contribution in [0, 0.1) is 0 Å². The molecular formula is C11H15F2N3O4. The topological polar surface area (TPSA) is 88.6 Å². The van der Waals surface area contributed by atoms with Gasteiger partial charge < -0.3 is 19.9 Å². The fourth-order valence-corrected chi connectivity index (χ4v) is 2.17. The largest absolute Gasteiger partial charge is 0.383 e. The summed E-state index contributed by atoms with van der Waals surface area (Å²) in [6, 6.07) is 1.24. The molecule has 1 aromatic heterocycles. The number of nitrogens with zero attached hydrogens (tertiary/aromatic N) is 2. The zero-order chi connectivity index (χ0) is 14.9. The molecule has 0 aliphatic carbocycles. The molecule has 0 amide bonds. The highest BCUT2D eigenvalue weighted by Crippen LogP contribution is 2.43. The summed E-state index contributed by atoms with van der Waals surface area (Å²) in [5.74, 6) is -3.45. The van der Waals surface area contributed by atoms with Gasteiger partial charge in [0.2, 0.25) is 6.23 Å². The lowest BCUT2D eigenvalue weighted by atomic mass is 10.1. The third-order valence-corrected chi connectivity index (χ3v) is 3.04. The molecule has 1 aliphatic rings. The molecule has 2 unspecified atom stereocenters. The lowest BCUT2D eigenvalue weighted by molar-refractivity contribution is -0.147. The van der Waals surface area contributed by atoms with Crippen LogP contribution in [0.3, 0.4) is 0 Å². The van der Waals surface area contributed by atoms with Crippen molar-refractivity contribution < 1.29 is 23.0 Å². The molecule has 2 heterocycles. The predicted octanol–water partition coefficient (Wildman–Crippen LogP) is 0.0196. The average Bonchev–Trinajstić information content (AvgIpc) is 2.61. The van der Waals surface area contributed by atoms with E-state index < -0.39 is 30.0 Å². The number of rotatable bonds is 4. The van der Waals surface area contributed by atoms with Crippen LogP contribution in [-0.4, -0.2) is 48.5 Å². The Kier molecular flexibility index (Phi) is 4.02. The lowest BCUT2D eigenvalue weighted by Crippen LogP contribution is -2.43. The van der Waals surface area contributed by atoms with E-state index in [0.717, 1.165) is 13.3 Å². The van der Waals surface area contributed by atoms with E-state index in [1.54, 1.807) is 0 Å². The minimum Gasteiger partial charge on any atom is -0.383 e. The van der Waals surface area contributed by atoms with Gasteiger partial charge in [0.05, 0.1) is 6.61 Å². The first-order valence-corrected chi connectivity index (χ1v) is 5.81. The fourth-order valence-electron chi connectivity index (χ4n) is 2.17. The van der Waals surface area contributed by atoms with Gasteiger partial charge in [0.15, 0.2) is 6.10 Å². The Hall–Kier alpha value is -1.58. The van der Waals surface area contributed by atoms with Crippen molar-refractivity contribution >= 4 is 5.82 Å². The van der Waals surface area contributed by atoms with E-state index in [1.165, 1.54) is 13.2 Å². The molecule has 1 aliphatic heterocycles. The molecule has 3 atom stereocenters. The summed E-state index contributed by atoms with van der Waals surface area (Å²) < 4.78 is 44.1. The van der Waals surface area contributed by atoms with Gasteiger partial charge in [0.25, 0.3) is 0 Å². The van der Waals surface area contributed by atoms with Gasteiger partial charge in [0, 0.05) is 20.4 Å². The Labute approximate surface area is 113 Å². The Bertz CT molecular complexity index is 537. The second kappa shape index (κ2) is 5.43. The Morgan fingerprint density at radius 1 is 1.55 bits per heavy atom. The molecular weight excluding hydrogens is 276 g/mol. The molecule has 1 fully saturated rings. The quantitative estimate of drug-likeness (QED) is 0.841. The SMILES string of the molecule is COCC1OC(n2ccc(N)nc2=O)C(F)(F)[C@H]1OC. The number of ether oxygens (including phenoxy) is 3. The minimum absolute atomic E-state index is 0.0516. The van der Waals surface area contributed by atoms with Crippen LogP contribution in [0.15, 0.2) is 17.1 Å². The van der Waals surface area contributed by atoms with Gasteiger partial charge >= 0.3 is 11.6 Å². The number of anilines is 1. The first-order valence-electron chi connectivity index (χ1n) is 5.81. The van der Waals surface area contributed by atoms with Gasteiger partial charge in [-0.15, -0.1) is 0 Å². The second-order valence-electron chi connectivity index (χ2n) is 4.36. The summed E-state index contributed by atoms with van der Waals surface area (Å²) in [6.07, 6.45) is -3.20. The summed E-state index contributed by atoms with van der Waals surface area (Å²) in [6.45, 7) is -0.0816. The molecule has 1 aromatic rings. The maximum Gasteiger partial charge on any atom is 0.351 e. The Morgan fingerprint density at radius 3 is 2.80 bits per heavy atom. The normalized spacial score (nSPS) is 28.7.